The summed E-state index contributed by atoms with van der Waals surface area (Å²) in [6.07, 6.45) is 4.86. The Morgan fingerprint density at radius 3 is 2.56 bits per heavy atom. The smallest absolute Gasteiger partial charge is 0.134 e. The van der Waals surface area contributed by atoms with Gasteiger partial charge in [-0.2, -0.15) is 0 Å². The van der Waals surface area contributed by atoms with Crippen molar-refractivity contribution in [2.75, 3.05) is 19.7 Å². The largest absolute Gasteiger partial charge is 0.464 e. The standard InChI is InChI=1S/C24H27NO2/c26-19-24(16-20-8-2-1-3-9-20)13-7-14-25(18-24)17-21-10-4-5-11-22(21)23-12-6-15-27-23/h1-6,8-12,15,26H,7,13-14,16-19H2/t24-/m1/s1. The predicted molar refractivity (Wildman–Crippen MR) is 108 cm³/mol. The third kappa shape index (κ3) is 4.15. The molecule has 0 bridgehead atoms. The highest BCUT2D eigenvalue weighted by molar-refractivity contribution is 5.61. The fourth-order valence-corrected chi connectivity index (χ4v) is 4.37. The zero-order chi connectivity index (χ0) is 18.5. The molecule has 1 aliphatic heterocycles. The quantitative estimate of drug-likeness (QED) is 0.687. The number of furan rings is 1. The Kier molecular flexibility index (Phi) is 5.42. The van der Waals surface area contributed by atoms with Crippen LogP contribution in [0, 0.1) is 5.41 Å². The molecule has 0 spiro atoms. The van der Waals surface area contributed by atoms with Gasteiger partial charge in [-0.05, 0) is 49.1 Å². The maximum atomic E-state index is 10.2. The summed E-state index contributed by atoms with van der Waals surface area (Å²) in [4.78, 5) is 2.49. The zero-order valence-corrected chi connectivity index (χ0v) is 15.7. The van der Waals surface area contributed by atoms with E-state index < -0.39 is 0 Å². The molecule has 3 aromatic rings. The molecule has 1 aliphatic rings. The molecular formula is C24H27NO2. The Labute approximate surface area is 161 Å². The third-order valence-corrected chi connectivity index (χ3v) is 5.70. The summed E-state index contributed by atoms with van der Waals surface area (Å²) < 4.78 is 5.63. The second-order valence-electron chi connectivity index (χ2n) is 7.77. The summed E-state index contributed by atoms with van der Waals surface area (Å²) in [5.74, 6) is 0.917. The molecule has 0 unspecified atom stereocenters. The molecule has 1 fully saturated rings. The van der Waals surface area contributed by atoms with Crippen molar-refractivity contribution in [3.8, 4) is 11.3 Å². The Morgan fingerprint density at radius 1 is 0.963 bits per heavy atom. The lowest BCUT2D eigenvalue weighted by atomic mass is 9.75. The van der Waals surface area contributed by atoms with E-state index in [-0.39, 0.29) is 12.0 Å². The van der Waals surface area contributed by atoms with Gasteiger partial charge in [0.25, 0.3) is 0 Å². The summed E-state index contributed by atoms with van der Waals surface area (Å²) in [6, 6.07) is 23.0. The zero-order valence-electron chi connectivity index (χ0n) is 15.7. The van der Waals surface area contributed by atoms with Crippen molar-refractivity contribution in [2.45, 2.75) is 25.8 Å². The van der Waals surface area contributed by atoms with Crippen LogP contribution in [0.2, 0.25) is 0 Å². The van der Waals surface area contributed by atoms with Crippen molar-refractivity contribution in [2.24, 2.45) is 5.41 Å². The minimum absolute atomic E-state index is 0.0563. The van der Waals surface area contributed by atoms with Crippen molar-refractivity contribution in [3.05, 3.63) is 84.1 Å². The summed E-state index contributed by atoms with van der Waals surface area (Å²) in [5.41, 5.74) is 3.69. The van der Waals surface area contributed by atoms with Gasteiger partial charge in [-0.15, -0.1) is 0 Å². The number of benzene rings is 2. The summed E-state index contributed by atoms with van der Waals surface area (Å²) in [5, 5.41) is 10.2. The van der Waals surface area contributed by atoms with Crippen LogP contribution in [0.15, 0.2) is 77.4 Å². The Bertz CT molecular complexity index is 844. The van der Waals surface area contributed by atoms with Crippen LogP contribution < -0.4 is 0 Å². The Hall–Kier alpha value is -2.36. The second-order valence-corrected chi connectivity index (χ2v) is 7.77. The first-order valence-electron chi connectivity index (χ1n) is 9.77. The van der Waals surface area contributed by atoms with Gasteiger partial charge in [0.05, 0.1) is 12.9 Å². The minimum atomic E-state index is -0.0563. The summed E-state index contributed by atoms with van der Waals surface area (Å²) in [6.45, 7) is 3.11. The monoisotopic (exact) mass is 361 g/mol. The Balaban J connectivity index is 1.52. The number of hydrogen-bond acceptors (Lipinski definition) is 3. The van der Waals surface area contributed by atoms with Gasteiger partial charge >= 0.3 is 0 Å². The number of aliphatic hydroxyl groups is 1. The lowest BCUT2D eigenvalue weighted by Gasteiger charge is -2.42. The molecule has 27 heavy (non-hydrogen) atoms. The lowest BCUT2D eigenvalue weighted by Crippen LogP contribution is -2.46. The second kappa shape index (κ2) is 8.12. The van der Waals surface area contributed by atoms with Crippen molar-refractivity contribution in [1.29, 1.82) is 0 Å². The molecule has 2 heterocycles. The molecule has 3 heteroatoms. The van der Waals surface area contributed by atoms with Gasteiger partial charge in [0, 0.05) is 24.1 Å². The van der Waals surface area contributed by atoms with Crippen LogP contribution in [-0.2, 0) is 13.0 Å². The number of nitrogens with zero attached hydrogens (tertiary/aromatic N) is 1. The van der Waals surface area contributed by atoms with Gasteiger partial charge in [-0.25, -0.2) is 0 Å². The van der Waals surface area contributed by atoms with Crippen LogP contribution in [0.3, 0.4) is 0 Å². The van der Waals surface area contributed by atoms with Crippen LogP contribution in [0.4, 0.5) is 0 Å². The van der Waals surface area contributed by atoms with Crippen molar-refractivity contribution in [1.82, 2.24) is 4.90 Å². The molecule has 0 saturated carbocycles. The minimum Gasteiger partial charge on any atom is -0.464 e. The molecule has 0 aliphatic carbocycles. The van der Waals surface area contributed by atoms with E-state index in [1.54, 1.807) is 6.26 Å². The van der Waals surface area contributed by atoms with Crippen molar-refractivity contribution >= 4 is 0 Å². The van der Waals surface area contributed by atoms with E-state index in [1.807, 2.05) is 18.2 Å². The van der Waals surface area contributed by atoms with Crippen LogP contribution in [0.1, 0.15) is 24.0 Å². The van der Waals surface area contributed by atoms with E-state index in [0.717, 1.165) is 50.2 Å². The van der Waals surface area contributed by atoms with Gasteiger partial charge in [0.2, 0.25) is 0 Å². The molecule has 1 aromatic heterocycles. The molecule has 0 radical (unpaired) electrons. The topological polar surface area (TPSA) is 36.6 Å². The van der Waals surface area contributed by atoms with E-state index in [0.29, 0.717) is 0 Å². The van der Waals surface area contributed by atoms with E-state index in [2.05, 4.69) is 53.4 Å². The molecular weight excluding hydrogens is 334 g/mol. The number of piperidine rings is 1. The van der Waals surface area contributed by atoms with E-state index in [9.17, 15) is 5.11 Å². The van der Waals surface area contributed by atoms with E-state index in [4.69, 9.17) is 4.42 Å². The maximum absolute atomic E-state index is 10.2. The first-order valence-corrected chi connectivity index (χ1v) is 9.77. The van der Waals surface area contributed by atoms with Gasteiger partial charge < -0.3 is 9.52 Å². The number of likely N-dealkylation sites (tertiary alicyclic amines) is 1. The van der Waals surface area contributed by atoms with Gasteiger partial charge in [-0.3, -0.25) is 4.90 Å². The average molecular weight is 361 g/mol. The molecule has 0 amide bonds. The normalized spacial score (nSPS) is 20.6. The highest BCUT2D eigenvalue weighted by Crippen LogP contribution is 2.35. The predicted octanol–water partition coefficient (Wildman–Crippen LogP) is 4.76. The van der Waals surface area contributed by atoms with Crippen molar-refractivity contribution in [3.63, 3.8) is 0 Å². The fourth-order valence-electron chi connectivity index (χ4n) is 4.37. The summed E-state index contributed by atoms with van der Waals surface area (Å²) in [7, 11) is 0. The highest BCUT2D eigenvalue weighted by atomic mass is 16.3. The molecule has 3 nitrogen and oxygen atoms in total. The molecule has 4 rings (SSSR count). The maximum Gasteiger partial charge on any atom is 0.134 e. The molecule has 2 aromatic carbocycles. The molecule has 1 N–H and O–H groups in total. The van der Waals surface area contributed by atoms with Crippen LogP contribution in [0.5, 0.6) is 0 Å². The van der Waals surface area contributed by atoms with Crippen LogP contribution in [-0.4, -0.2) is 29.7 Å². The highest BCUT2D eigenvalue weighted by Gasteiger charge is 2.35. The Morgan fingerprint density at radius 2 is 1.78 bits per heavy atom. The first-order chi connectivity index (χ1) is 13.3. The van der Waals surface area contributed by atoms with Crippen molar-refractivity contribution < 1.29 is 9.52 Å². The third-order valence-electron chi connectivity index (χ3n) is 5.70. The fraction of sp³-hybridized carbons (Fsp3) is 0.333. The molecule has 1 saturated heterocycles. The number of rotatable bonds is 6. The molecule has 1 atom stereocenters. The van der Waals surface area contributed by atoms with Crippen LogP contribution >= 0.6 is 0 Å². The summed E-state index contributed by atoms with van der Waals surface area (Å²) >= 11 is 0. The van der Waals surface area contributed by atoms with Gasteiger partial charge in [0.15, 0.2) is 0 Å². The number of aliphatic hydroxyl groups excluding tert-OH is 1. The van der Waals surface area contributed by atoms with Gasteiger partial charge in [-0.1, -0.05) is 54.6 Å². The lowest BCUT2D eigenvalue weighted by molar-refractivity contribution is 0.0289. The van der Waals surface area contributed by atoms with Crippen LogP contribution in [0.25, 0.3) is 11.3 Å². The van der Waals surface area contributed by atoms with E-state index in [1.165, 1.54) is 11.1 Å². The molecule has 140 valence electrons. The average Bonchev–Trinajstić information content (AvgIpc) is 3.24. The first kappa shape index (κ1) is 18.0. The SMILES string of the molecule is OC[C@@]1(Cc2ccccc2)CCCN(Cc2ccccc2-c2ccco2)C1. The van der Waals surface area contributed by atoms with Gasteiger partial charge in [0.1, 0.15) is 5.76 Å². The van der Waals surface area contributed by atoms with E-state index >= 15 is 0 Å². The number of hydrogen-bond donors (Lipinski definition) is 1.